The number of carbonyl (C=O) groups is 1. The first-order valence-corrected chi connectivity index (χ1v) is 8.55. The summed E-state index contributed by atoms with van der Waals surface area (Å²) in [6.07, 6.45) is 0.429. The highest BCUT2D eigenvalue weighted by Gasteiger charge is 2.32. The van der Waals surface area contributed by atoms with Gasteiger partial charge in [-0.05, 0) is 32.8 Å². The van der Waals surface area contributed by atoms with Gasteiger partial charge in [-0.3, -0.25) is 4.79 Å². The van der Waals surface area contributed by atoms with E-state index in [4.69, 9.17) is 4.74 Å². The van der Waals surface area contributed by atoms with Crippen LogP contribution in [-0.2, 0) is 4.74 Å². The molecule has 2 aliphatic rings. The summed E-state index contributed by atoms with van der Waals surface area (Å²) in [5.74, 6) is -0.0264. The first-order valence-electron chi connectivity index (χ1n) is 8.55. The van der Waals surface area contributed by atoms with Crippen LogP contribution in [0.25, 0.3) is 5.65 Å². The number of halogens is 2. The zero-order chi connectivity index (χ0) is 17.7. The maximum atomic E-state index is 13.4. The van der Waals surface area contributed by atoms with Gasteiger partial charge in [0.1, 0.15) is 11.3 Å². The molecule has 4 rings (SSSR count). The Hall–Kier alpha value is -2.09. The third-order valence-corrected chi connectivity index (χ3v) is 4.68. The number of rotatable bonds is 3. The summed E-state index contributed by atoms with van der Waals surface area (Å²) in [6, 6.07) is 1.41. The second-order valence-corrected chi connectivity index (χ2v) is 6.94. The van der Waals surface area contributed by atoms with Crippen molar-refractivity contribution < 1.29 is 18.3 Å². The van der Waals surface area contributed by atoms with Crippen LogP contribution < -0.4 is 0 Å². The number of ether oxygens (including phenoxy) is 1. The van der Waals surface area contributed by atoms with Crippen LogP contribution in [0.1, 0.15) is 60.8 Å². The molecule has 0 bridgehead atoms. The standard InChI is InChI=1S/C17H20F2N4O2/c1-9-7-22(8-10(2)25-9)17(24)12-6-20-23-14(15(18)19)5-13(11-3-4-11)21-16(12)23/h5-6,9-11,15H,3-4,7-8H2,1-2H3/t9-,10-/m0/s1. The molecule has 1 saturated carbocycles. The number of fused-ring (bicyclic) bond motifs is 1. The van der Waals surface area contributed by atoms with E-state index in [1.165, 1.54) is 12.3 Å². The monoisotopic (exact) mass is 350 g/mol. The molecule has 6 nitrogen and oxygen atoms in total. The minimum Gasteiger partial charge on any atom is -0.372 e. The lowest BCUT2D eigenvalue weighted by atomic mass is 10.2. The predicted molar refractivity (Wildman–Crippen MR) is 85.8 cm³/mol. The van der Waals surface area contributed by atoms with Gasteiger partial charge in [-0.1, -0.05) is 0 Å². The smallest absolute Gasteiger partial charge is 0.280 e. The maximum Gasteiger partial charge on any atom is 0.280 e. The van der Waals surface area contributed by atoms with Crippen molar-refractivity contribution >= 4 is 11.6 Å². The highest BCUT2D eigenvalue weighted by atomic mass is 19.3. The fourth-order valence-corrected chi connectivity index (χ4v) is 3.41. The van der Waals surface area contributed by atoms with Gasteiger partial charge in [0.05, 0.1) is 18.4 Å². The van der Waals surface area contributed by atoms with E-state index in [1.807, 2.05) is 13.8 Å². The number of morpholine rings is 1. The van der Waals surface area contributed by atoms with Crippen molar-refractivity contribution in [2.45, 2.75) is 51.2 Å². The van der Waals surface area contributed by atoms with Crippen molar-refractivity contribution in [1.82, 2.24) is 19.5 Å². The molecule has 0 aromatic carbocycles. The quantitative estimate of drug-likeness (QED) is 0.854. The molecule has 0 spiro atoms. The Morgan fingerprint density at radius 1 is 1.28 bits per heavy atom. The Kier molecular flexibility index (Phi) is 3.94. The first kappa shape index (κ1) is 16.4. The van der Waals surface area contributed by atoms with E-state index in [0.29, 0.717) is 18.8 Å². The highest BCUT2D eigenvalue weighted by molar-refractivity contribution is 5.99. The van der Waals surface area contributed by atoms with E-state index >= 15 is 0 Å². The molecule has 25 heavy (non-hydrogen) atoms. The zero-order valence-electron chi connectivity index (χ0n) is 14.2. The number of hydrogen-bond acceptors (Lipinski definition) is 4. The van der Waals surface area contributed by atoms with Crippen LogP contribution in [0.4, 0.5) is 8.78 Å². The summed E-state index contributed by atoms with van der Waals surface area (Å²) in [6.45, 7) is 4.74. The van der Waals surface area contributed by atoms with Crippen LogP contribution in [0.5, 0.6) is 0 Å². The lowest BCUT2D eigenvalue weighted by Gasteiger charge is -2.35. The van der Waals surface area contributed by atoms with E-state index in [-0.39, 0.29) is 40.9 Å². The molecule has 0 N–H and O–H groups in total. The Morgan fingerprint density at radius 2 is 1.96 bits per heavy atom. The fourth-order valence-electron chi connectivity index (χ4n) is 3.41. The number of carbonyl (C=O) groups excluding carboxylic acids is 1. The minimum atomic E-state index is -2.67. The van der Waals surface area contributed by atoms with E-state index < -0.39 is 6.43 Å². The van der Waals surface area contributed by atoms with Gasteiger partial charge in [0.25, 0.3) is 12.3 Å². The third-order valence-electron chi connectivity index (χ3n) is 4.68. The van der Waals surface area contributed by atoms with Crippen molar-refractivity contribution in [3.63, 3.8) is 0 Å². The second-order valence-electron chi connectivity index (χ2n) is 6.94. The van der Waals surface area contributed by atoms with Gasteiger partial charge in [-0.25, -0.2) is 18.3 Å². The average Bonchev–Trinajstić information content (AvgIpc) is 3.32. The van der Waals surface area contributed by atoms with Gasteiger partial charge in [-0.2, -0.15) is 5.10 Å². The Morgan fingerprint density at radius 3 is 2.56 bits per heavy atom. The summed E-state index contributed by atoms with van der Waals surface area (Å²) >= 11 is 0. The van der Waals surface area contributed by atoms with E-state index in [0.717, 1.165) is 17.4 Å². The van der Waals surface area contributed by atoms with E-state index in [1.54, 1.807) is 4.90 Å². The van der Waals surface area contributed by atoms with Crippen molar-refractivity contribution in [3.8, 4) is 0 Å². The first-order chi connectivity index (χ1) is 11.9. The van der Waals surface area contributed by atoms with Gasteiger partial charge in [0.2, 0.25) is 0 Å². The molecular formula is C17H20F2N4O2. The normalized spacial score (nSPS) is 24.3. The van der Waals surface area contributed by atoms with Crippen LogP contribution in [0, 0.1) is 0 Å². The van der Waals surface area contributed by atoms with Gasteiger partial charge < -0.3 is 9.64 Å². The zero-order valence-corrected chi connectivity index (χ0v) is 14.2. The molecule has 8 heteroatoms. The van der Waals surface area contributed by atoms with Gasteiger partial charge in [-0.15, -0.1) is 0 Å². The summed E-state index contributed by atoms with van der Waals surface area (Å²) in [7, 11) is 0. The van der Waals surface area contributed by atoms with Crippen LogP contribution in [0.3, 0.4) is 0 Å². The second kappa shape index (κ2) is 6.01. The molecule has 2 atom stereocenters. The number of hydrogen-bond donors (Lipinski definition) is 0. The Balaban J connectivity index is 1.75. The van der Waals surface area contributed by atoms with Crippen LogP contribution in [0.15, 0.2) is 12.3 Å². The fraction of sp³-hybridized carbons (Fsp3) is 0.588. The Bertz CT molecular complexity index is 808. The van der Waals surface area contributed by atoms with Crippen LogP contribution in [0.2, 0.25) is 0 Å². The van der Waals surface area contributed by atoms with Gasteiger partial charge in [0.15, 0.2) is 5.65 Å². The summed E-state index contributed by atoms with van der Waals surface area (Å²) < 4.78 is 33.6. The maximum absolute atomic E-state index is 13.4. The molecule has 2 aromatic heterocycles. The molecule has 0 unspecified atom stereocenters. The molecule has 3 heterocycles. The number of alkyl halides is 2. The summed E-state index contributed by atoms with van der Waals surface area (Å²) in [5, 5.41) is 4.01. The molecule has 2 fully saturated rings. The van der Waals surface area contributed by atoms with Crippen molar-refractivity contribution in [1.29, 1.82) is 0 Å². The topological polar surface area (TPSA) is 59.7 Å². The summed E-state index contributed by atoms with van der Waals surface area (Å²) in [4.78, 5) is 19.1. The predicted octanol–water partition coefficient (Wildman–Crippen LogP) is 2.79. The van der Waals surface area contributed by atoms with Gasteiger partial charge >= 0.3 is 0 Å². The number of amides is 1. The molecule has 1 aliphatic heterocycles. The molecular weight excluding hydrogens is 330 g/mol. The van der Waals surface area contributed by atoms with Gasteiger partial charge in [0, 0.05) is 24.7 Å². The molecule has 0 radical (unpaired) electrons. The number of nitrogens with zero attached hydrogens (tertiary/aromatic N) is 4. The molecule has 134 valence electrons. The minimum absolute atomic E-state index is 0.0684. The lowest BCUT2D eigenvalue weighted by molar-refractivity contribution is -0.0585. The third kappa shape index (κ3) is 2.99. The van der Waals surface area contributed by atoms with Crippen LogP contribution in [-0.4, -0.2) is 50.7 Å². The highest BCUT2D eigenvalue weighted by Crippen LogP contribution is 2.40. The molecule has 1 saturated heterocycles. The lowest BCUT2D eigenvalue weighted by Crippen LogP contribution is -2.48. The van der Waals surface area contributed by atoms with Crippen molar-refractivity contribution in [2.75, 3.05) is 13.1 Å². The van der Waals surface area contributed by atoms with Crippen molar-refractivity contribution in [2.24, 2.45) is 0 Å². The van der Waals surface area contributed by atoms with Crippen molar-refractivity contribution in [3.05, 3.63) is 29.2 Å². The SMILES string of the molecule is C[C@H]1CN(C(=O)c2cnn3c(C(F)F)cc(C4CC4)nc23)C[C@H](C)O1. The summed E-state index contributed by atoms with van der Waals surface area (Å²) in [5.41, 5.74) is 0.901. The van der Waals surface area contributed by atoms with Crippen LogP contribution >= 0.6 is 0 Å². The molecule has 2 aromatic rings. The molecule has 1 aliphatic carbocycles. The van der Waals surface area contributed by atoms with E-state index in [2.05, 4.69) is 10.1 Å². The largest absolute Gasteiger partial charge is 0.372 e. The Labute approximate surface area is 143 Å². The molecule has 1 amide bonds. The number of aromatic nitrogens is 3. The van der Waals surface area contributed by atoms with E-state index in [9.17, 15) is 13.6 Å². The average molecular weight is 350 g/mol.